The molecule has 1 aliphatic heterocycles. The van der Waals surface area contributed by atoms with Gasteiger partial charge in [-0.05, 0) is 42.0 Å². The minimum absolute atomic E-state index is 0.0416. The van der Waals surface area contributed by atoms with Crippen LogP contribution in [0.5, 0.6) is 5.75 Å². The van der Waals surface area contributed by atoms with E-state index >= 15 is 0 Å². The molecule has 1 N–H and O–H groups in total. The molecule has 182 valence electrons. The van der Waals surface area contributed by atoms with Crippen molar-refractivity contribution in [2.75, 3.05) is 7.11 Å². The van der Waals surface area contributed by atoms with Crippen molar-refractivity contribution < 1.29 is 24.0 Å². The summed E-state index contributed by atoms with van der Waals surface area (Å²) in [5.41, 5.74) is 3.42. The summed E-state index contributed by atoms with van der Waals surface area (Å²) in [6.45, 7) is 5.92. The van der Waals surface area contributed by atoms with Gasteiger partial charge in [0.15, 0.2) is 5.78 Å². The van der Waals surface area contributed by atoms with Crippen LogP contribution in [-0.4, -0.2) is 23.8 Å². The van der Waals surface area contributed by atoms with E-state index in [1.54, 1.807) is 38.3 Å². The van der Waals surface area contributed by atoms with E-state index in [-0.39, 0.29) is 23.5 Å². The number of nitrogens with zero attached hydrogens (tertiary/aromatic N) is 1. The van der Waals surface area contributed by atoms with Crippen molar-refractivity contribution in [1.82, 2.24) is 5.32 Å². The predicted octanol–water partition coefficient (Wildman–Crippen LogP) is 4.95. The van der Waals surface area contributed by atoms with Crippen LogP contribution in [-0.2, 0) is 20.9 Å². The predicted molar refractivity (Wildman–Crippen MR) is 130 cm³/mol. The number of allylic oxidation sites excluding steroid dienone is 3. The van der Waals surface area contributed by atoms with Crippen molar-refractivity contribution in [3.8, 4) is 5.75 Å². The summed E-state index contributed by atoms with van der Waals surface area (Å²) in [6.07, 6.45) is 1.01. The van der Waals surface area contributed by atoms with Crippen LogP contribution >= 0.6 is 0 Å². The van der Waals surface area contributed by atoms with E-state index in [1.165, 1.54) is 12.1 Å². The van der Waals surface area contributed by atoms with Gasteiger partial charge < -0.3 is 14.8 Å². The van der Waals surface area contributed by atoms with E-state index in [2.05, 4.69) is 5.32 Å². The van der Waals surface area contributed by atoms with Crippen LogP contribution in [0.1, 0.15) is 50.7 Å². The third-order valence-corrected chi connectivity index (χ3v) is 6.43. The maximum Gasteiger partial charge on any atom is 0.337 e. The summed E-state index contributed by atoms with van der Waals surface area (Å²) in [7, 11) is 1.58. The van der Waals surface area contributed by atoms with Gasteiger partial charge in [0.2, 0.25) is 0 Å². The zero-order chi connectivity index (χ0) is 25.3. The maximum atomic E-state index is 13.4. The van der Waals surface area contributed by atoms with Gasteiger partial charge in [0, 0.05) is 41.4 Å². The summed E-state index contributed by atoms with van der Waals surface area (Å²) < 4.78 is 10.8. The van der Waals surface area contributed by atoms with Crippen LogP contribution in [0.25, 0.3) is 0 Å². The fraction of sp³-hybridized carbons (Fsp3) is 0.333. The van der Waals surface area contributed by atoms with E-state index in [4.69, 9.17) is 9.47 Å². The number of ketones is 1. The molecule has 8 nitrogen and oxygen atoms in total. The van der Waals surface area contributed by atoms with Crippen LogP contribution in [0.2, 0.25) is 0 Å². The van der Waals surface area contributed by atoms with Gasteiger partial charge in [-0.15, -0.1) is 0 Å². The minimum atomic E-state index is -0.668. The molecule has 1 heterocycles. The number of ether oxygens (including phenoxy) is 2. The number of non-ortho nitro benzene ring substituents is 1. The number of methoxy groups -OCH3 is 1. The van der Waals surface area contributed by atoms with Crippen molar-refractivity contribution in [1.29, 1.82) is 0 Å². The van der Waals surface area contributed by atoms with Gasteiger partial charge in [-0.1, -0.05) is 38.1 Å². The molecule has 35 heavy (non-hydrogen) atoms. The molecule has 0 aromatic heterocycles. The number of esters is 1. The first kappa shape index (κ1) is 24.2. The number of benzene rings is 2. The highest BCUT2D eigenvalue weighted by Gasteiger charge is 2.43. The average molecular weight is 477 g/mol. The monoisotopic (exact) mass is 476 g/mol. The molecule has 1 aliphatic carbocycles. The van der Waals surface area contributed by atoms with Crippen molar-refractivity contribution in [3.05, 3.63) is 92.3 Å². The van der Waals surface area contributed by atoms with Gasteiger partial charge in [0.1, 0.15) is 12.4 Å². The molecule has 0 fully saturated rings. The Balaban J connectivity index is 1.70. The number of hydrogen-bond acceptors (Lipinski definition) is 7. The van der Waals surface area contributed by atoms with E-state index < -0.39 is 16.8 Å². The van der Waals surface area contributed by atoms with Gasteiger partial charge >= 0.3 is 5.97 Å². The summed E-state index contributed by atoms with van der Waals surface area (Å²) in [5.74, 6) is -0.552. The number of carbonyl (C=O) groups excluding carboxylic acids is 2. The second-order valence-corrected chi connectivity index (χ2v) is 9.70. The highest BCUT2D eigenvalue weighted by atomic mass is 16.6. The summed E-state index contributed by atoms with van der Waals surface area (Å²) in [6, 6.07) is 13.2. The molecule has 0 amide bonds. The second kappa shape index (κ2) is 9.37. The van der Waals surface area contributed by atoms with Crippen molar-refractivity contribution >= 4 is 17.4 Å². The number of Topliss-reactive ketones (excluding diaryl/α,β-unsaturated/α-hetero) is 1. The summed E-state index contributed by atoms with van der Waals surface area (Å²) >= 11 is 0. The SMILES string of the molecule is COc1ccc(COC(=O)C2=C(C)NC3=C(C(=O)CC(C)(C)C3)[C@@H]2c2ccc([N+](=O)[O-])cc2)cc1. The molecule has 0 saturated heterocycles. The number of rotatable bonds is 6. The third-order valence-electron chi connectivity index (χ3n) is 6.43. The number of nitrogens with one attached hydrogen (secondary N) is 1. The Bertz CT molecular complexity index is 1240. The van der Waals surface area contributed by atoms with Crippen molar-refractivity contribution in [2.45, 2.75) is 46.1 Å². The molecule has 4 rings (SSSR count). The number of nitro groups is 1. The highest BCUT2D eigenvalue weighted by Crippen LogP contribution is 2.47. The molecule has 0 spiro atoms. The molecule has 1 atom stereocenters. The molecule has 2 aromatic carbocycles. The summed E-state index contributed by atoms with van der Waals surface area (Å²) in [5, 5.41) is 14.5. The lowest BCUT2D eigenvalue weighted by Crippen LogP contribution is -2.38. The summed E-state index contributed by atoms with van der Waals surface area (Å²) in [4.78, 5) is 37.4. The van der Waals surface area contributed by atoms with E-state index in [0.717, 1.165) is 11.3 Å². The van der Waals surface area contributed by atoms with Crippen LogP contribution in [0.4, 0.5) is 5.69 Å². The van der Waals surface area contributed by atoms with Crippen LogP contribution in [0, 0.1) is 15.5 Å². The minimum Gasteiger partial charge on any atom is -0.497 e. The van der Waals surface area contributed by atoms with Gasteiger partial charge in [0.05, 0.1) is 17.6 Å². The first-order valence-electron chi connectivity index (χ1n) is 11.4. The highest BCUT2D eigenvalue weighted by molar-refractivity contribution is 6.04. The van der Waals surface area contributed by atoms with Crippen LogP contribution < -0.4 is 10.1 Å². The molecule has 0 radical (unpaired) electrons. The Morgan fingerprint density at radius 2 is 1.77 bits per heavy atom. The third kappa shape index (κ3) is 4.96. The fourth-order valence-corrected chi connectivity index (χ4v) is 4.78. The topological polar surface area (TPSA) is 108 Å². The lowest BCUT2D eigenvalue weighted by Gasteiger charge is -2.39. The molecule has 2 aliphatic rings. The molecule has 0 bridgehead atoms. The number of dihydropyridines is 1. The first-order valence-corrected chi connectivity index (χ1v) is 11.4. The normalized spacial score (nSPS) is 19.1. The molecular formula is C27H28N2O6. The van der Waals surface area contributed by atoms with Crippen molar-refractivity contribution in [2.24, 2.45) is 5.41 Å². The molecule has 0 unspecified atom stereocenters. The van der Waals surface area contributed by atoms with Crippen LogP contribution in [0.3, 0.4) is 0 Å². The number of carbonyl (C=O) groups is 2. The van der Waals surface area contributed by atoms with Crippen LogP contribution in [0.15, 0.2) is 71.1 Å². The molecule has 8 heteroatoms. The Labute approximate surface area is 203 Å². The quantitative estimate of drug-likeness (QED) is 0.357. The van der Waals surface area contributed by atoms with Gasteiger partial charge in [-0.2, -0.15) is 0 Å². The Morgan fingerprint density at radius 3 is 2.37 bits per heavy atom. The number of hydrogen-bond donors (Lipinski definition) is 1. The Kier molecular flexibility index (Phi) is 6.47. The van der Waals surface area contributed by atoms with Gasteiger partial charge in [0.25, 0.3) is 5.69 Å². The molecular weight excluding hydrogens is 448 g/mol. The Morgan fingerprint density at radius 1 is 1.11 bits per heavy atom. The average Bonchev–Trinajstić information content (AvgIpc) is 2.81. The zero-order valence-electron chi connectivity index (χ0n) is 20.2. The largest absolute Gasteiger partial charge is 0.497 e. The van der Waals surface area contributed by atoms with Crippen molar-refractivity contribution in [3.63, 3.8) is 0 Å². The van der Waals surface area contributed by atoms with Gasteiger partial charge in [-0.25, -0.2) is 4.79 Å². The van der Waals surface area contributed by atoms with E-state index in [9.17, 15) is 19.7 Å². The zero-order valence-corrected chi connectivity index (χ0v) is 20.2. The first-order chi connectivity index (χ1) is 16.6. The molecule has 0 saturated carbocycles. The number of nitro benzene ring substituents is 1. The van der Waals surface area contributed by atoms with E-state index in [0.29, 0.717) is 41.0 Å². The van der Waals surface area contributed by atoms with E-state index in [1.807, 2.05) is 26.0 Å². The standard InChI is InChI=1S/C27H28N2O6/c1-16-23(26(31)35-15-17-5-11-20(34-4)12-6-17)24(18-7-9-19(10-8-18)29(32)33)25-21(28-16)13-27(2,3)14-22(25)30/h5-12,24,28H,13-15H2,1-4H3/t24-/m1/s1. The second-order valence-electron chi connectivity index (χ2n) is 9.70. The lowest BCUT2D eigenvalue weighted by molar-refractivity contribution is -0.384. The maximum absolute atomic E-state index is 13.4. The smallest absolute Gasteiger partial charge is 0.337 e. The van der Waals surface area contributed by atoms with Gasteiger partial charge in [-0.3, -0.25) is 14.9 Å². The lowest BCUT2D eigenvalue weighted by atomic mass is 9.68. The fourth-order valence-electron chi connectivity index (χ4n) is 4.78. The molecule has 2 aromatic rings. The Hall–Kier alpha value is -3.94.